The summed E-state index contributed by atoms with van der Waals surface area (Å²) in [5.41, 5.74) is -0.308. The van der Waals surface area contributed by atoms with Gasteiger partial charge in [-0.05, 0) is 61.4 Å². The van der Waals surface area contributed by atoms with Gasteiger partial charge in [0, 0.05) is 18.8 Å². The third kappa shape index (κ3) is 5.86. The van der Waals surface area contributed by atoms with Crippen LogP contribution >= 0.6 is 11.6 Å². The maximum Gasteiger partial charge on any atom is 0.416 e. The van der Waals surface area contributed by atoms with E-state index in [1.54, 1.807) is 12.3 Å². The van der Waals surface area contributed by atoms with Crippen LogP contribution in [0.4, 0.5) is 19.0 Å². The highest BCUT2D eigenvalue weighted by atomic mass is 35.5. The van der Waals surface area contributed by atoms with Gasteiger partial charge in [0.25, 0.3) is 5.91 Å². The molecule has 30 heavy (non-hydrogen) atoms. The molecule has 1 aromatic carbocycles. The predicted molar refractivity (Wildman–Crippen MR) is 108 cm³/mol. The third-order valence-corrected chi connectivity index (χ3v) is 5.63. The standard InChI is InChI=1S/C21H23ClF3N3O2/c22-18-7-4-15(21(23,24)25)9-17(18)20(30)28-16-5-1-13(2-6-16)10-26-19-8-3-14(12-29)11-27-19/h3-4,7-9,11,13,16,29H,1-2,5-6,10,12H2,(H,26,27)(H,28,30). The van der Waals surface area contributed by atoms with Crippen molar-refractivity contribution in [2.45, 2.75) is 44.5 Å². The van der Waals surface area contributed by atoms with Crippen LogP contribution < -0.4 is 10.6 Å². The number of carbonyl (C=O) groups excluding carboxylic acids is 1. The van der Waals surface area contributed by atoms with E-state index >= 15 is 0 Å². The van der Waals surface area contributed by atoms with Crippen LogP contribution in [0.15, 0.2) is 36.5 Å². The van der Waals surface area contributed by atoms with Gasteiger partial charge in [0.1, 0.15) is 5.82 Å². The fraction of sp³-hybridized carbons (Fsp3) is 0.429. The molecule has 3 N–H and O–H groups in total. The van der Waals surface area contributed by atoms with Crippen molar-refractivity contribution < 1.29 is 23.1 Å². The fourth-order valence-electron chi connectivity index (χ4n) is 3.52. The van der Waals surface area contributed by atoms with E-state index < -0.39 is 17.6 Å². The van der Waals surface area contributed by atoms with Crippen molar-refractivity contribution in [2.24, 2.45) is 5.92 Å². The molecule has 0 aliphatic heterocycles. The van der Waals surface area contributed by atoms with Crippen LogP contribution in [0.25, 0.3) is 0 Å². The van der Waals surface area contributed by atoms with Gasteiger partial charge >= 0.3 is 6.18 Å². The summed E-state index contributed by atoms with van der Waals surface area (Å²) in [4.78, 5) is 16.7. The molecule has 162 valence electrons. The van der Waals surface area contributed by atoms with Crippen molar-refractivity contribution in [3.05, 3.63) is 58.2 Å². The molecular formula is C21H23ClF3N3O2. The fourth-order valence-corrected chi connectivity index (χ4v) is 3.72. The molecule has 9 heteroatoms. The normalized spacial score (nSPS) is 19.4. The van der Waals surface area contributed by atoms with E-state index in [0.29, 0.717) is 5.92 Å². The Balaban J connectivity index is 1.49. The summed E-state index contributed by atoms with van der Waals surface area (Å²) in [6.45, 7) is 0.695. The van der Waals surface area contributed by atoms with Gasteiger partial charge in [-0.2, -0.15) is 13.2 Å². The molecule has 1 heterocycles. The average molecular weight is 442 g/mol. The number of anilines is 1. The molecule has 0 saturated heterocycles. The Hall–Kier alpha value is -2.32. The maximum atomic E-state index is 12.9. The highest BCUT2D eigenvalue weighted by Crippen LogP contribution is 2.32. The van der Waals surface area contributed by atoms with Crippen LogP contribution in [-0.4, -0.2) is 28.6 Å². The lowest BCUT2D eigenvalue weighted by atomic mass is 9.86. The van der Waals surface area contributed by atoms with E-state index in [1.807, 2.05) is 6.07 Å². The number of hydrogen-bond donors (Lipinski definition) is 3. The summed E-state index contributed by atoms with van der Waals surface area (Å²) in [5.74, 6) is 0.567. The molecule has 3 rings (SSSR count). The number of aromatic nitrogens is 1. The SMILES string of the molecule is O=C(NC1CCC(CNc2ccc(CO)cn2)CC1)c1cc(C(F)(F)F)ccc1Cl. The zero-order chi connectivity index (χ0) is 21.7. The van der Waals surface area contributed by atoms with E-state index in [0.717, 1.165) is 61.8 Å². The number of pyridine rings is 1. The second-order valence-corrected chi connectivity index (χ2v) is 7.88. The van der Waals surface area contributed by atoms with Crippen molar-refractivity contribution in [3.8, 4) is 0 Å². The van der Waals surface area contributed by atoms with E-state index in [2.05, 4.69) is 15.6 Å². The second kappa shape index (κ2) is 9.66. The first-order valence-electron chi connectivity index (χ1n) is 9.73. The number of alkyl halides is 3. The number of amides is 1. The first kappa shape index (κ1) is 22.4. The van der Waals surface area contributed by atoms with Gasteiger partial charge in [0.05, 0.1) is 22.8 Å². The van der Waals surface area contributed by atoms with Gasteiger partial charge in [0.2, 0.25) is 0 Å². The number of aliphatic hydroxyl groups excluding tert-OH is 1. The number of nitrogens with zero attached hydrogens (tertiary/aromatic N) is 1. The predicted octanol–water partition coefficient (Wildman–Crippen LogP) is 4.65. The first-order valence-corrected chi connectivity index (χ1v) is 10.1. The van der Waals surface area contributed by atoms with Gasteiger partial charge in [-0.15, -0.1) is 0 Å². The van der Waals surface area contributed by atoms with E-state index in [1.165, 1.54) is 0 Å². The minimum absolute atomic E-state index is 0.00176. The molecule has 0 bridgehead atoms. The minimum atomic E-state index is -4.53. The van der Waals surface area contributed by atoms with Gasteiger partial charge < -0.3 is 15.7 Å². The Morgan fingerprint density at radius 3 is 2.50 bits per heavy atom. The highest BCUT2D eigenvalue weighted by Gasteiger charge is 2.32. The van der Waals surface area contributed by atoms with Gasteiger partial charge in [-0.3, -0.25) is 4.79 Å². The van der Waals surface area contributed by atoms with Gasteiger partial charge in [-0.1, -0.05) is 17.7 Å². The minimum Gasteiger partial charge on any atom is -0.392 e. The number of benzene rings is 1. The molecule has 1 aromatic heterocycles. The quantitative estimate of drug-likeness (QED) is 0.610. The lowest BCUT2D eigenvalue weighted by Crippen LogP contribution is -2.38. The molecular weight excluding hydrogens is 419 g/mol. The molecule has 1 aliphatic carbocycles. The Kier molecular flexibility index (Phi) is 7.20. The topological polar surface area (TPSA) is 74.2 Å². The number of rotatable bonds is 6. The van der Waals surface area contributed by atoms with Crippen LogP contribution in [0.1, 0.15) is 47.2 Å². The number of halogens is 4. The summed E-state index contributed by atoms with van der Waals surface area (Å²) < 4.78 is 38.7. The largest absolute Gasteiger partial charge is 0.416 e. The molecule has 1 saturated carbocycles. The molecule has 2 aromatic rings. The molecule has 0 spiro atoms. The van der Waals surface area contributed by atoms with Crippen LogP contribution in [0.3, 0.4) is 0 Å². The molecule has 5 nitrogen and oxygen atoms in total. The molecule has 0 atom stereocenters. The van der Waals surface area contributed by atoms with Crippen LogP contribution in [-0.2, 0) is 12.8 Å². The Bertz CT molecular complexity index is 867. The molecule has 1 fully saturated rings. The average Bonchev–Trinajstić information content (AvgIpc) is 2.73. The Labute approximate surface area is 177 Å². The van der Waals surface area contributed by atoms with Crippen molar-refractivity contribution in [1.82, 2.24) is 10.3 Å². The molecule has 0 unspecified atom stereocenters. The van der Waals surface area contributed by atoms with Gasteiger partial charge in [-0.25, -0.2) is 4.98 Å². The monoisotopic (exact) mass is 441 g/mol. The van der Waals surface area contributed by atoms with Crippen LogP contribution in [0, 0.1) is 5.92 Å². The zero-order valence-corrected chi connectivity index (χ0v) is 16.9. The molecule has 0 radical (unpaired) electrons. The number of aliphatic hydroxyl groups is 1. The smallest absolute Gasteiger partial charge is 0.392 e. The third-order valence-electron chi connectivity index (χ3n) is 5.30. The number of carbonyl (C=O) groups is 1. The van der Waals surface area contributed by atoms with Crippen molar-refractivity contribution in [1.29, 1.82) is 0 Å². The van der Waals surface area contributed by atoms with Crippen molar-refractivity contribution in [2.75, 3.05) is 11.9 Å². The first-order chi connectivity index (χ1) is 14.3. The summed E-state index contributed by atoms with van der Waals surface area (Å²) in [5, 5.41) is 15.1. The maximum absolute atomic E-state index is 12.9. The summed E-state index contributed by atoms with van der Waals surface area (Å²) in [7, 11) is 0. The number of hydrogen-bond acceptors (Lipinski definition) is 4. The van der Waals surface area contributed by atoms with Crippen LogP contribution in [0.2, 0.25) is 5.02 Å². The lowest BCUT2D eigenvalue weighted by Gasteiger charge is -2.29. The summed E-state index contributed by atoms with van der Waals surface area (Å²) in [6, 6.07) is 6.28. The van der Waals surface area contributed by atoms with E-state index in [-0.39, 0.29) is 23.2 Å². The summed E-state index contributed by atoms with van der Waals surface area (Å²) in [6.07, 6.45) is 0.328. The van der Waals surface area contributed by atoms with Crippen LogP contribution in [0.5, 0.6) is 0 Å². The van der Waals surface area contributed by atoms with Crippen molar-refractivity contribution in [3.63, 3.8) is 0 Å². The molecule has 1 amide bonds. The molecule has 1 aliphatic rings. The second-order valence-electron chi connectivity index (χ2n) is 7.47. The van der Waals surface area contributed by atoms with E-state index in [9.17, 15) is 18.0 Å². The van der Waals surface area contributed by atoms with E-state index in [4.69, 9.17) is 16.7 Å². The highest BCUT2D eigenvalue weighted by molar-refractivity contribution is 6.33. The number of nitrogens with one attached hydrogen (secondary N) is 2. The lowest BCUT2D eigenvalue weighted by molar-refractivity contribution is -0.137. The Morgan fingerprint density at radius 2 is 1.90 bits per heavy atom. The van der Waals surface area contributed by atoms with Crippen molar-refractivity contribution >= 4 is 23.3 Å². The Morgan fingerprint density at radius 1 is 1.17 bits per heavy atom. The van der Waals surface area contributed by atoms with Gasteiger partial charge in [0.15, 0.2) is 0 Å². The summed E-state index contributed by atoms with van der Waals surface area (Å²) >= 11 is 5.94. The zero-order valence-electron chi connectivity index (χ0n) is 16.2.